The van der Waals surface area contributed by atoms with Crippen LogP contribution in [0.3, 0.4) is 0 Å². The Hall–Kier alpha value is -1.11. The zero-order valence-electron chi connectivity index (χ0n) is 8.28. The lowest BCUT2D eigenvalue weighted by molar-refractivity contribution is -0.111. The number of rotatable bonds is 3. The fraction of sp³-hybridized carbons (Fsp3) is 0.200. The van der Waals surface area contributed by atoms with E-state index in [1.165, 1.54) is 23.5 Å². The van der Waals surface area contributed by atoms with E-state index in [-0.39, 0.29) is 5.78 Å². The summed E-state index contributed by atoms with van der Waals surface area (Å²) in [5, 5.41) is 0. The molecule has 0 amide bonds. The third-order valence-corrected chi connectivity index (χ3v) is 2.32. The van der Waals surface area contributed by atoms with Crippen molar-refractivity contribution < 1.29 is 8.58 Å². The first kappa shape index (κ1) is 11.0. The summed E-state index contributed by atoms with van der Waals surface area (Å²) in [5.74, 6) is 0.641. The van der Waals surface area contributed by atoms with Crippen molar-refractivity contribution in [2.75, 3.05) is 0 Å². The van der Waals surface area contributed by atoms with Gasteiger partial charge in [-0.1, -0.05) is 0 Å². The average molecular weight is 204 g/mol. The highest BCUT2D eigenvalue weighted by Crippen LogP contribution is 2.18. The molecule has 0 atom stereocenters. The quantitative estimate of drug-likeness (QED) is 0.422. The standard InChI is InChI=1S/C10H11NO2.Al.H/c1-7(12)10(8(2)13)9-3-5-11-6-4-9;;/h3-6,12H,1-2H3;;/q;+1;/p-1. The third kappa shape index (κ3) is 2.44. The molecule has 4 heteroatoms. The molecule has 1 rings (SSSR count). The van der Waals surface area contributed by atoms with Crippen LogP contribution in [-0.2, 0) is 8.58 Å². The maximum absolute atomic E-state index is 11.4. The van der Waals surface area contributed by atoms with E-state index < -0.39 is 0 Å². The van der Waals surface area contributed by atoms with Crippen molar-refractivity contribution in [3.8, 4) is 0 Å². The first-order chi connectivity index (χ1) is 6.66. The smallest absolute Gasteiger partial charge is 0.494 e. The molecule has 1 aromatic heterocycles. The van der Waals surface area contributed by atoms with Crippen molar-refractivity contribution in [1.29, 1.82) is 0 Å². The molecule has 71 valence electrons. The molecule has 0 saturated heterocycles. The highest BCUT2D eigenvalue weighted by atomic mass is 27.1. The van der Waals surface area contributed by atoms with Gasteiger partial charge in [0.2, 0.25) is 0 Å². The molecule has 0 aliphatic carbocycles. The van der Waals surface area contributed by atoms with Crippen LogP contribution in [0, 0.1) is 0 Å². The largest absolute Gasteiger partial charge is 0.653 e. The van der Waals surface area contributed by atoms with Crippen LogP contribution in [0.1, 0.15) is 19.4 Å². The zero-order valence-corrected chi connectivity index (χ0v) is 9.69. The molecular weight excluding hydrogens is 193 g/mol. The molecule has 1 heterocycles. The third-order valence-electron chi connectivity index (χ3n) is 1.89. The Morgan fingerprint density at radius 1 is 1.36 bits per heavy atom. The lowest BCUT2D eigenvalue weighted by atomic mass is 10.0. The second-order valence-electron chi connectivity index (χ2n) is 2.87. The average Bonchev–Trinajstić information content (AvgIpc) is 2.19. The van der Waals surface area contributed by atoms with Gasteiger partial charge in [-0.25, -0.2) is 0 Å². The van der Waals surface area contributed by atoms with E-state index in [9.17, 15) is 4.79 Å². The van der Waals surface area contributed by atoms with Gasteiger partial charge in [0.15, 0.2) is 5.78 Å². The number of ketones is 1. The maximum atomic E-state index is 11.4. The van der Waals surface area contributed by atoms with Gasteiger partial charge in [-0.05, 0) is 31.5 Å². The Balaban J connectivity index is 3.21. The van der Waals surface area contributed by atoms with E-state index >= 15 is 0 Å². The predicted molar refractivity (Wildman–Crippen MR) is 55.7 cm³/mol. The Kier molecular flexibility index (Phi) is 3.87. The van der Waals surface area contributed by atoms with Crippen LogP contribution in [0.15, 0.2) is 30.3 Å². The molecule has 0 unspecified atom stereocenters. The molecule has 0 aromatic carbocycles. The summed E-state index contributed by atoms with van der Waals surface area (Å²) in [6.07, 6.45) is 3.31. The lowest BCUT2D eigenvalue weighted by Gasteiger charge is -2.09. The van der Waals surface area contributed by atoms with Gasteiger partial charge < -0.3 is 3.79 Å². The van der Waals surface area contributed by atoms with Crippen molar-refractivity contribution in [1.82, 2.24) is 4.98 Å². The van der Waals surface area contributed by atoms with E-state index in [0.717, 1.165) is 5.56 Å². The van der Waals surface area contributed by atoms with Crippen molar-refractivity contribution in [2.45, 2.75) is 13.8 Å². The van der Waals surface area contributed by atoms with E-state index in [2.05, 4.69) is 4.98 Å². The topological polar surface area (TPSA) is 39.2 Å². The summed E-state index contributed by atoms with van der Waals surface area (Å²) in [5.41, 5.74) is 1.46. The number of pyridine rings is 1. The molecule has 0 aliphatic rings. The first-order valence-corrected chi connectivity index (χ1v) is 4.78. The molecular formula is C10H11AlNO2. The Morgan fingerprint density at radius 3 is 2.36 bits per heavy atom. The number of hydrogen-bond acceptors (Lipinski definition) is 3. The van der Waals surface area contributed by atoms with Crippen LogP contribution in [0.25, 0.3) is 5.57 Å². The predicted octanol–water partition coefficient (Wildman–Crippen LogP) is 1.23. The zero-order chi connectivity index (χ0) is 10.6. The Bertz CT molecular complexity index is 360. The summed E-state index contributed by atoms with van der Waals surface area (Å²) in [6, 6.07) is 3.59. The number of carbonyl (C=O) groups excluding carboxylic acids is 1. The fourth-order valence-electron chi connectivity index (χ4n) is 1.25. The molecule has 3 nitrogen and oxygen atoms in total. The number of carbonyl (C=O) groups is 1. The highest BCUT2D eigenvalue weighted by molar-refractivity contribution is 6.20. The monoisotopic (exact) mass is 204 g/mol. The van der Waals surface area contributed by atoms with Crippen molar-refractivity contribution in [3.05, 3.63) is 35.8 Å². The van der Waals surface area contributed by atoms with Gasteiger partial charge in [-0.3, -0.25) is 9.78 Å². The molecule has 1 radical (unpaired) electrons. The molecule has 0 saturated carbocycles. The Labute approximate surface area is 91.6 Å². The van der Waals surface area contributed by atoms with Gasteiger partial charge in [-0.2, -0.15) is 0 Å². The van der Waals surface area contributed by atoms with E-state index in [1.54, 1.807) is 31.5 Å². The number of hydrogen-bond donors (Lipinski definition) is 0. The molecule has 1 aromatic rings. The van der Waals surface area contributed by atoms with E-state index in [0.29, 0.717) is 11.3 Å². The van der Waals surface area contributed by atoms with Crippen LogP contribution in [0.4, 0.5) is 0 Å². The molecule has 14 heavy (non-hydrogen) atoms. The Morgan fingerprint density at radius 2 is 1.93 bits per heavy atom. The van der Waals surface area contributed by atoms with Crippen molar-refractivity contribution in [3.63, 3.8) is 0 Å². The number of aromatic nitrogens is 1. The maximum Gasteiger partial charge on any atom is 0.494 e. The highest BCUT2D eigenvalue weighted by Gasteiger charge is 2.10. The number of Topliss-reactive ketones (excluding diaryl/α,β-unsaturated/α-hetero) is 1. The summed E-state index contributed by atoms with van der Waals surface area (Å²) in [4.78, 5) is 15.3. The van der Waals surface area contributed by atoms with Crippen LogP contribution in [0.2, 0.25) is 0 Å². The van der Waals surface area contributed by atoms with E-state index in [1.807, 2.05) is 0 Å². The summed E-state index contributed by atoms with van der Waals surface area (Å²) < 4.78 is 5.09. The second kappa shape index (κ2) is 4.94. The fourth-order valence-corrected chi connectivity index (χ4v) is 1.39. The molecule has 0 aliphatic heterocycles. The van der Waals surface area contributed by atoms with Gasteiger partial charge in [0.1, 0.15) is 0 Å². The number of nitrogens with zero attached hydrogens (tertiary/aromatic N) is 1. The van der Waals surface area contributed by atoms with Crippen LogP contribution >= 0.6 is 0 Å². The second-order valence-corrected chi connectivity index (χ2v) is 3.16. The van der Waals surface area contributed by atoms with Gasteiger partial charge in [0.05, 0.1) is 11.3 Å². The van der Waals surface area contributed by atoms with Crippen molar-refractivity contribution in [2.24, 2.45) is 0 Å². The molecule has 0 fully saturated rings. The summed E-state index contributed by atoms with van der Waals surface area (Å²) in [6.45, 7) is 3.31. The molecule has 0 bridgehead atoms. The van der Waals surface area contributed by atoms with Crippen LogP contribution in [-0.4, -0.2) is 27.4 Å². The molecule has 0 spiro atoms. The van der Waals surface area contributed by atoms with Crippen LogP contribution < -0.4 is 0 Å². The summed E-state index contributed by atoms with van der Waals surface area (Å²) in [7, 11) is 0. The SMILES string of the molecule is CC(=O)C(=C(C)[O][AlH])c1ccncc1. The lowest BCUT2D eigenvalue weighted by Crippen LogP contribution is -2.01. The van der Waals surface area contributed by atoms with Gasteiger partial charge >= 0.3 is 16.6 Å². The van der Waals surface area contributed by atoms with E-state index in [4.69, 9.17) is 3.79 Å². The van der Waals surface area contributed by atoms with Gasteiger partial charge in [-0.15, -0.1) is 0 Å². The minimum Gasteiger partial charge on any atom is -0.653 e. The minimum atomic E-state index is 0.000324. The normalized spacial score (nSPS) is 11.9. The minimum absolute atomic E-state index is 0.000324. The van der Waals surface area contributed by atoms with Gasteiger partial charge in [0.25, 0.3) is 0 Å². The molecule has 0 N–H and O–H groups in total. The van der Waals surface area contributed by atoms with Crippen molar-refractivity contribution >= 4 is 28.0 Å². The van der Waals surface area contributed by atoms with Gasteiger partial charge in [0, 0.05) is 12.4 Å². The number of allylic oxidation sites excluding steroid dienone is 2. The van der Waals surface area contributed by atoms with Crippen LogP contribution in [0.5, 0.6) is 0 Å². The first-order valence-electron chi connectivity index (χ1n) is 4.21. The summed E-state index contributed by atoms with van der Waals surface area (Å²) >= 11 is 1.36.